The second kappa shape index (κ2) is 7.37. The van der Waals surface area contributed by atoms with Crippen LogP contribution in [0.3, 0.4) is 0 Å². The van der Waals surface area contributed by atoms with Gasteiger partial charge in [0.15, 0.2) is 0 Å². The number of aromatic nitrogens is 1. The molecule has 0 unspecified atom stereocenters. The number of sulfonamides is 1. The van der Waals surface area contributed by atoms with E-state index in [2.05, 4.69) is 35.8 Å². The highest BCUT2D eigenvalue weighted by Crippen LogP contribution is 2.38. The van der Waals surface area contributed by atoms with Gasteiger partial charge >= 0.3 is 0 Å². The molecule has 150 valence electrons. The smallest absolute Gasteiger partial charge is 0.253 e. The lowest BCUT2D eigenvalue weighted by molar-refractivity contribution is 0.0997. The predicted molar refractivity (Wildman–Crippen MR) is 104 cm³/mol. The molecule has 4 N–H and O–H groups in total. The van der Waals surface area contributed by atoms with Gasteiger partial charge in [0.2, 0.25) is 10.0 Å². The maximum atomic E-state index is 13.0. The first kappa shape index (κ1) is 20.0. The molecule has 2 aliphatic rings. The molecule has 0 aliphatic carbocycles. The first-order chi connectivity index (χ1) is 12.6. The monoisotopic (exact) mass is 395 g/mol. The summed E-state index contributed by atoms with van der Waals surface area (Å²) in [6.45, 7) is 8.41. The van der Waals surface area contributed by atoms with Gasteiger partial charge < -0.3 is 16.0 Å². The van der Waals surface area contributed by atoms with Crippen molar-refractivity contribution < 1.29 is 13.2 Å². The van der Waals surface area contributed by atoms with Crippen LogP contribution in [0.2, 0.25) is 0 Å². The van der Waals surface area contributed by atoms with Crippen LogP contribution in [0.15, 0.2) is 17.2 Å². The minimum absolute atomic E-state index is 0.0315. The van der Waals surface area contributed by atoms with Crippen LogP contribution in [0.25, 0.3) is 0 Å². The Hall–Kier alpha value is -1.71. The lowest BCUT2D eigenvalue weighted by Crippen LogP contribution is -2.46. The first-order valence-electron chi connectivity index (χ1n) is 9.41. The van der Waals surface area contributed by atoms with Crippen molar-refractivity contribution in [1.82, 2.24) is 15.0 Å². The van der Waals surface area contributed by atoms with Crippen LogP contribution in [0.5, 0.6) is 0 Å². The van der Waals surface area contributed by atoms with Crippen molar-refractivity contribution in [3.05, 3.63) is 17.8 Å². The maximum absolute atomic E-state index is 13.0. The zero-order valence-electron chi connectivity index (χ0n) is 16.2. The third-order valence-electron chi connectivity index (χ3n) is 5.38. The molecule has 2 atom stereocenters. The fourth-order valence-corrected chi connectivity index (χ4v) is 5.76. The van der Waals surface area contributed by atoms with Crippen LogP contribution < -0.4 is 20.7 Å². The van der Waals surface area contributed by atoms with Gasteiger partial charge in [-0.2, -0.15) is 0 Å². The molecular weight excluding hydrogens is 366 g/mol. The number of pyridine rings is 1. The molecule has 0 spiro atoms. The standard InChI is InChI=1S/C18H29N5O3S/c1-12-9-18(2,3)23(11-12)17-15(16(19)24)14(6-8-21-17)27(25,26)22-13-5-4-7-20-10-13/h6,8,12-13,20,22H,4-5,7,9-11H2,1-3H3,(H2,19,24)/t12-,13-/m0/s1. The summed E-state index contributed by atoms with van der Waals surface area (Å²) in [6.07, 6.45) is 4.02. The third-order valence-corrected chi connectivity index (χ3v) is 6.94. The summed E-state index contributed by atoms with van der Waals surface area (Å²) >= 11 is 0. The Labute approximate surface area is 161 Å². The second-order valence-corrected chi connectivity index (χ2v) is 9.95. The Bertz CT molecular complexity index is 818. The average Bonchev–Trinajstić information content (AvgIpc) is 2.86. The molecule has 9 heteroatoms. The van der Waals surface area contributed by atoms with Crippen molar-refractivity contribution in [2.45, 2.75) is 56.5 Å². The van der Waals surface area contributed by atoms with Gasteiger partial charge in [-0.1, -0.05) is 6.92 Å². The molecule has 3 rings (SSSR count). The third kappa shape index (κ3) is 4.09. The fourth-order valence-electron chi connectivity index (χ4n) is 4.29. The van der Waals surface area contributed by atoms with E-state index in [1.54, 1.807) is 0 Å². The summed E-state index contributed by atoms with van der Waals surface area (Å²) in [4.78, 5) is 18.5. The van der Waals surface area contributed by atoms with Gasteiger partial charge in [-0.3, -0.25) is 4.79 Å². The molecule has 1 amide bonds. The van der Waals surface area contributed by atoms with E-state index in [1.165, 1.54) is 12.3 Å². The van der Waals surface area contributed by atoms with E-state index >= 15 is 0 Å². The Morgan fingerprint density at radius 1 is 1.44 bits per heavy atom. The van der Waals surface area contributed by atoms with Gasteiger partial charge in [0.25, 0.3) is 5.91 Å². The lowest BCUT2D eigenvalue weighted by Gasteiger charge is -2.34. The number of nitrogens with one attached hydrogen (secondary N) is 2. The van der Waals surface area contributed by atoms with E-state index in [9.17, 15) is 13.2 Å². The number of rotatable bonds is 5. The molecule has 1 aromatic rings. The highest BCUT2D eigenvalue weighted by Gasteiger charge is 2.40. The number of amides is 1. The number of hydrogen-bond donors (Lipinski definition) is 3. The Morgan fingerprint density at radius 2 is 2.19 bits per heavy atom. The number of carbonyl (C=O) groups is 1. The van der Waals surface area contributed by atoms with Crippen LogP contribution in [0, 0.1) is 5.92 Å². The number of nitrogens with two attached hydrogens (primary N) is 1. The van der Waals surface area contributed by atoms with E-state index < -0.39 is 15.9 Å². The summed E-state index contributed by atoms with van der Waals surface area (Å²) in [5.41, 5.74) is 5.36. The summed E-state index contributed by atoms with van der Waals surface area (Å²) in [5.74, 6) is -0.0219. The van der Waals surface area contributed by atoms with Crippen LogP contribution in [-0.2, 0) is 10.0 Å². The summed E-state index contributed by atoms with van der Waals surface area (Å²) in [7, 11) is -3.90. The van der Waals surface area contributed by atoms with Gasteiger partial charge in [-0.05, 0) is 51.6 Å². The molecule has 1 aromatic heterocycles. The topological polar surface area (TPSA) is 117 Å². The molecule has 8 nitrogen and oxygen atoms in total. The number of carbonyl (C=O) groups excluding carboxylic acids is 1. The quantitative estimate of drug-likeness (QED) is 0.680. The Balaban J connectivity index is 2.02. The maximum Gasteiger partial charge on any atom is 0.253 e. The van der Waals surface area contributed by atoms with Gasteiger partial charge in [0.05, 0.1) is 0 Å². The first-order valence-corrected chi connectivity index (χ1v) is 10.9. The van der Waals surface area contributed by atoms with Gasteiger partial charge in [0.1, 0.15) is 16.3 Å². The van der Waals surface area contributed by atoms with Crippen LogP contribution in [0.4, 0.5) is 5.82 Å². The average molecular weight is 396 g/mol. The zero-order chi connectivity index (χ0) is 19.8. The van der Waals surface area contributed by atoms with E-state index in [0.29, 0.717) is 24.8 Å². The van der Waals surface area contributed by atoms with Crippen molar-refractivity contribution >= 4 is 21.7 Å². The minimum Gasteiger partial charge on any atom is -0.365 e. The second-order valence-electron chi connectivity index (χ2n) is 8.27. The molecule has 2 saturated heterocycles. The number of anilines is 1. The molecule has 0 aromatic carbocycles. The summed E-state index contributed by atoms with van der Waals surface area (Å²) < 4.78 is 28.8. The van der Waals surface area contributed by atoms with Gasteiger partial charge in [-0.15, -0.1) is 0 Å². The summed E-state index contributed by atoms with van der Waals surface area (Å²) in [6, 6.07) is 1.15. The van der Waals surface area contributed by atoms with Crippen LogP contribution >= 0.6 is 0 Å². The summed E-state index contributed by atoms with van der Waals surface area (Å²) in [5, 5.41) is 3.18. The van der Waals surface area contributed by atoms with Crippen LogP contribution in [-0.4, -0.2) is 50.5 Å². The Morgan fingerprint density at radius 3 is 2.74 bits per heavy atom. The largest absolute Gasteiger partial charge is 0.365 e. The highest BCUT2D eigenvalue weighted by molar-refractivity contribution is 7.89. The molecule has 0 saturated carbocycles. The number of nitrogens with zero attached hydrogens (tertiary/aromatic N) is 2. The molecular formula is C18H29N5O3S. The van der Waals surface area contributed by atoms with Crippen molar-refractivity contribution in [1.29, 1.82) is 0 Å². The highest BCUT2D eigenvalue weighted by atomic mass is 32.2. The van der Waals surface area contributed by atoms with Gasteiger partial charge in [0, 0.05) is 30.9 Å². The minimum atomic E-state index is -3.90. The van der Waals surface area contributed by atoms with Crippen molar-refractivity contribution in [2.24, 2.45) is 11.7 Å². The zero-order valence-corrected chi connectivity index (χ0v) is 17.0. The molecule has 0 bridgehead atoms. The Kier molecular flexibility index (Phi) is 5.47. The van der Waals surface area contributed by atoms with E-state index in [4.69, 9.17) is 5.73 Å². The van der Waals surface area contributed by atoms with Gasteiger partial charge in [-0.25, -0.2) is 18.1 Å². The lowest BCUT2D eigenvalue weighted by atomic mass is 9.97. The van der Waals surface area contributed by atoms with E-state index in [1.807, 2.05) is 4.90 Å². The van der Waals surface area contributed by atoms with E-state index in [0.717, 1.165) is 25.8 Å². The predicted octanol–water partition coefficient (Wildman–Crippen LogP) is 0.836. The molecule has 2 aliphatic heterocycles. The van der Waals surface area contributed by atoms with Crippen molar-refractivity contribution in [3.63, 3.8) is 0 Å². The van der Waals surface area contributed by atoms with Crippen LogP contribution in [0.1, 0.15) is 50.4 Å². The molecule has 27 heavy (non-hydrogen) atoms. The number of piperidine rings is 1. The fraction of sp³-hybridized carbons (Fsp3) is 0.667. The van der Waals surface area contributed by atoms with Crippen molar-refractivity contribution in [2.75, 3.05) is 24.5 Å². The SMILES string of the molecule is C[C@@H]1CN(c2nccc(S(=O)(=O)N[C@H]3CCCNC3)c2C(N)=O)C(C)(C)C1. The normalized spacial score (nSPS) is 25.5. The van der Waals surface area contributed by atoms with E-state index in [-0.39, 0.29) is 22.0 Å². The molecule has 3 heterocycles. The number of primary amides is 1. The molecule has 2 fully saturated rings. The molecule has 0 radical (unpaired) electrons. The van der Waals surface area contributed by atoms with Crippen molar-refractivity contribution in [3.8, 4) is 0 Å². The number of hydrogen-bond acceptors (Lipinski definition) is 6.